The van der Waals surface area contributed by atoms with Gasteiger partial charge in [-0.25, -0.2) is 0 Å². The number of fused-ring (bicyclic) bond motifs is 2. The second-order valence-electron chi connectivity index (χ2n) is 12.6. The zero-order valence-electron chi connectivity index (χ0n) is 25.5. The van der Waals surface area contributed by atoms with Crippen molar-refractivity contribution in [2.45, 2.75) is 104 Å². The van der Waals surface area contributed by atoms with Crippen LogP contribution < -0.4 is 4.74 Å². The van der Waals surface area contributed by atoms with Crippen molar-refractivity contribution in [2.75, 3.05) is 7.11 Å². The predicted molar refractivity (Wildman–Crippen MR) is 165 cm³/mol. The summed E-state index contributed by atoms with van der Waals surface area (Å²) in [6, 6.07) is 12.1. The standard InChI is InChI=1S/C37H48O4/c1-5-6-10-26-11-9-13-28-18-20-32(31-14-8-7-12-27(31)16-15-25(2)3)33-24-36(40)37(41-4)22-29(33)17-19-30(38)23-35(39)34(28)21-26/h7-8,12,14,22,24-26,28,32,34,40H,5-6,9-11,13,15-17,19,21,23H2,1-4H3. The molecule has 1 saturated carbocycles. The molecule has 0 heterocycles. The van der Waals surface area contributed by atoms with Crippen LogP contribution in [0.15, 0.2) is 36.4 Å². The van der Waals surface area contributed by atoms with Gasteiger partial charge in [-0.05, 0) is 78.3 Å². The van der Waals surface area contributed by atoms with Crippen LogP contribution in [0.25, 0.3) is 0 Å². The number of unbranched alkanes of at least 4 members (excludes halogenated alkanes) is 1. The number of ketones is 2. The Balaban J connectivity index is 1.86. The molecule has 0 radical (unpaired) electrons. The van der Waals surface area contributed by atoms with E-state index in [0.717, 1.165) is 68.1 Å². The molecule has 0 amide bonds. The largest absolute Gasteiger partial charge is 0.504 e. The number of rotatable bonds is 8. The van der Waals surface area contributed by atoms with E-state index in [9.17, 15) is 14.7 Å². The van der Waals surface area contributed by atoms with Crippen molar-refractivity contribution in [1.82, 2.24) is 0 Å². The number of carbonyl (C=O) groups is 2. The van der Waals surface area contributed by atoms with Gasteiger partial charge in [0.25, 0.3) is 0 Å². The van der Waals surface area contributed by atoms with Gasteiger partial charge in [0, 0.05) is 18.3 Å². The minimum absolute atomic E-state index is 0.00460. The molecule has 0 saturated heterocycles. The molecule has 4 nitrogen and oxygen atoms in total. The number of Topliss-reactive ketones (excluding diaryl/α,β-unsaturated/α-hetero) is 2. The first-order valence-corrected chi connectivity index (χ1v) is 15.8. The van der Waals surface area contributed by atoms with Crippen molar-refractivity contribution in [3.8, 4) is 23.3 Å². The highest BCUT2D eigenvalue weighted by atomic mass is 16.5. The van der Waals surface area contributed by atoms with E-state index >= 15 is 0 Å². The number of benzene rings is 2. The van der Waals surface area contributed by atoms with Crippen LogP contribution in [-0.2, 0) is 22.4 Å². The van der Waals surface area contributed by atoms with E-state index in [2.05, 4.69) is 56.9 Å². The molecule has 4 atom stereocenters. The molecular weight excluding hydrogens is 508 g/mol. The molecule has 0 spiro atoms. The molecule has 220 valence electrons. The van der Waals surface area contributed by atoms with Gasteiger partial charge in [0.05, 0.1) is 19.4 Å². The molecule has 4 unspecified atom stereocenters. The van der Waals surface area contributed by atoms with Gasteiger partial charge in [-0.2, -0.15) is 0 Å². The summed E-state index contributed by atoms with van der Waals surface area (Å²) < 4.78 is 5.45. The van der Waals surface area contributed by atoms with E-state index in [1.807, 2.05) is 6.07 Å². The first kappa shape index (κ1) is 30.9. The number of methoxy groups -OCH3 is 1. The number of aromatic hydroxyl groups is 1. The maximum absolute atomic E-state index is 13.7. The van der Waals surface area contributed by atoms with Crippen LogP contribution in [0, 0.1) is 35.5 Å². The normalized spacial score (nSPS) is 23.3. The van der Waals surface area contributed by atoms with Crippen LogP contribution in [0.3, 0.4) is 0 Å². The zero-order valence-corrected chi connectivity index (χ0v) is 25.5. The van der Waals surface area contributed by atoms with Crippen LogP contribution in [0.2, 0.25) is 0 Å². The van der Waals surface area contributed by atoms with Gasteiger partial charge in [0.1, 0.15) is 11.6 Å². The Hall–Kier alpha value is -3.06. The lowest BCUT2D eigenvalue weighted by Crippen LogP contribution is -2.26. The third kappa shape index (κ3) is 8.03. The molecular formula is C37H48O4. The third-order valence-electron chi connectivity index (χ3n) is 9.15. The van der Waals surface area contributed by atoms with Gasteiger partial charge in [-0.1, -0.05) is 89.0 Å². The summed E-state index contributed by atoms with van der Waals surface area (Å²) in [5, 5.41) is 10.9. The SMILES string of the molecule is CCCCC1CCCC2C#CC(c3ccccc3CCC(C)C)c3cc(O)c(OC)cc3CCC(=O)CC(=O)C2C1. The van der Waals surface area contributed by atoms with Crippen LogP contribution in [-0.4, -0.2) is 23.8 Å². The van der Waals surface area contributed by atoms with Crippen molar-refractivity contribution in [1.29, 1.82) is 0 Å². The van der Waals surface area contributed by atoms with Crippen molar-refractivity contribution in [3.63, 3.8) is 0 Å². The van der Waals surface area contributed by atoms with Gasteiger partial charge in [-0.15, -0.1) is 0 Å². The molecule has 41 heavy (non-hydrogen) atoms. The number of hydrogen-bond donors (Lipinski definition) is 1. The lowest BCUT2D eigenvalue weighted by molar-refractivity contribution is -0.130. The van der Waals surface area contributed by atoms with Gasteiger partial charge in [0.15, 0.2) is 11.5 Å². The predicted octanol–water partition coefficient (Wildman–Crippen LogP) is 8.21. The summed E-state index contributed by atoms with van der Waals surface area (Å²) >= 11 is 0. The Bertz CT molecular complexity index is 1260. The number of phenols is 1. The lowest BCUT2D eigenvalue weighted by Gasteiger charge is -2.25. The van der Waals surface area contributed by atoms with Crippen LogP contribution in [0.5, 0.6) is 11.5 Å². The molecule has 2 aliphatic carbocycles. The van der Waals surface area contributed by atoms with Gasteiger partial charge in [0.2, 0.25) is 0 Å². The maximum Gasteiger partial charge on any atom is 0.160 e. The Labute approximate surface area is 247 Å². The molecule has 4 heteroatoms. The molecule has 0 bridgehead atoms. The quantitative estimate of drug-likeness (QED) is 0.263. The van der Waals surface area contributed by atoms with Crippen molar-refractivity contribution in [2.24, 2.45) is 23.7 Å². The van der Waals surface area contributed by atoms with Crippen LogP contribution in [0.4, 0.5) is 0 Å². The van der Waals surface area contributed by atoms with E-state index in [1.54, 1.807) is 13.2 Å². The molecule has 0 aliphatic heterocycles. The summed E-state index contributed by atoms with van der Waals surface area (Å²) in [7, 11) is 1.54. The highest BCUT2D eigenvalue weighted by molar-refractivity contribution is 6.00. The van der Waals surface area contributed by atoms with E-state index in [1.165, 1.54) is 12.0 Å². The number of ether oxygens (including phenoxy) is 1. The number of hydrogen-bond acceptors (Lipinski definition) is 4. The first-order valence-electron chi connectivity index (χ1n) is 15.8. The number of carbonyl (C=O) groups excluding carboxylic acids is 2. The number of aryl methyl sites for hydroxylation is 2. The molecule has 1 N–H and O–H groups in total. The molecule has 1 fully saturated rings. The van der Waals surface area contributed by atoms with Crippen molar-refractivity contribution < 1.29 is 19.4 Å². The highest BCUT2D eigenvalue weighted by Crippen LogP contribution is 2.40. The van der Waals surface area contributed by atoms with Crippen molar-refractivity contribution >= 4 is 11.6 Å². The summed E-state index contributed by atoms with van der Waals surface area (Å²) in [4.78, 5) is 26.8. The molecule has 4 rings (SSSR count). The van der Waals surface area contributed by atoms with Gasteiger partial charge >= 0.3 is 0 Å². The second kappa shape index (κ2) is 14.7. The maximum atomic E-state index is 13.7. The average Bonchev–Trinajstić information content (AvgIpc) is 3.16. The Morgan fingerprint density at radius 3 is 2.61 bits per heavy atom. The van der Waals surface area contributed by atoms with Crippen LogP contribution >= 0.6 is 0 Å². The number of phenolic OH excluding ortho intramolecular Hbond substituents is 1. The smallest absolute Gasteiger partial charge is 0.160 e. The summed E-state index contributed by atoms with van der Waals surface area (Å²) in [5.41, 5.74) is 4.28. The fourth-order valence-electron chi connectivity index (χ4n) is 6.72. The van der Waals surface area contributed by atoms with Gasteiger partial charge < -0.3 is 9.84 Å². The summed E-state index contributed by atoms with van der Waals surface area (Å²) in [6.45, 7) is 6.70. The molecule has 2 aliphatic rings. The average molecular weight is 557 g/mol. The molecule has 2 aromatic carbocycles. The molecule has 2 aromatic rings. The minimum atomic E-state index is -0.269. The van der Waals surface area contributed by atoms with E-state index in [-0.39, 0.29) is 41.5 Å². The van der Waals surface area contributed by atoms with E-state index in [4.69, 9.17) is 4.74 Å². The molecule has 0 aromatic heterocycles. The fraction of sp³-hybridized carbons (Fsp3) is 0.568. The highest BCUT2D eigenvalue weighted by Gasteiger charge is 2.34. The minimum Gasteiger partial charge on any atom is -0.504 e. The fourth-order valence-corrected chi connectivity index (χ4v) is 6.72. The Morgan fingerprint density at radius 1 is 1.05 bits per heavy atom. The Morgan fingerprint density at radius 2 is 1.85 bits per heavy atom. The Kier molecular flexibility index (Phi) is 11.1. The van der Waals surface area contributed by atoms with Crippen LogP contribution in [0.1, 0.15) is 113 Å². The summed E-state index contributed by atoms with van der Waals surface area (Å²) in [6.07, 6.45) is 10.2. The van der Waals surface area contributed by atoms with Crippen molar-refractivity contribution in [3.05, 3.63) is 58.7 Å². The second-order valence-corrected chi connectivity index (χ2v) is 12.6. The topological polar surface area (TPSA) is 63.6 Å². The van der Waals surface area contributed by atoms with E-state index < -0.39 is 0 Å². The monoisotopic (exact) mass is 556 g/mol. The van der Waals surface area contributed by atoms with E-state index in [0.29, 0.717) is 30.4 Å². The third-order valence-corrected chi connectivity index (χ3v) is 9.15. The lowest BCUT2D eigenvalue weighted by atomic mass is 9.78. The summed E-state index contributed by atoms with van der Waals surface area (Å²) in [5.74, 6) is 8.45. The first-order chi connectivity index (χ1) is 19.8. The van der Waals surface area contributed by atoms with Gasteiger partial charge in [-0.3, -0.25) is 9.59 Å². The zero-order chi connectivity index (χ0) is 29.4.